The number of aryl methyl sites for hydroxylation is 1. The first kappa shape index (κ1) is 14.8. The van der Waals surface area contributed by atoms with Gasteiger partial charge in [-0.2, -0.15) is 0 Å². The third kappa shape index (κ3) is 3.29. The zero-order valence-corrected chi connectivity index (χ0v) is 12.1. The van der Waals surface area contributed by atoms with Gasteiger partial charge >= 0.3 is 0 Å². The maximum absolute atomic E-state index is 12.0. The molecule has 0 saturated carbocycles. The van der Waals surface area contributed by atoms with Gasteiger partial charge in [-0.1, -0.05) is 11.3 Å². The van der Waals surface area contributed by atoms with Crippen LogP contribution in [0.15, 0.2) is 24.3 Å². The molecule has 0 bridgehead atoms. The third-order valence-corrected chi connectivity index (χ3v) is 3.85. The zero-order chi connectivity index (χ0) is 15.6. The fourth-order valence-electron chi connectivity index (χ4n) is 1.68. The Kier molecular flexibility index (Phi) is 4.08. The summed E-state index contributed by atoms with van der Waals surface area (Å²) in [6.45, 7) is 3.12. The summed E-state index contributed by atoms with van der Waals surface area (Å²) in [5.41, 5.74) is 0.750. The minimum Gasteiger partial charge on any atom is -0.298 e. The summed E-state index contributed by atoms with van der Waals surface area (Å²) in [6.07, 6.45) is 0. The van der Waals surface area contributed by atoms with Gasteiger partial charge < -0.3 is 0 Å². The molecule has 0 aliphatic carbocycles. The number of Topliss-reactive ketones (excluding diaryl/α,β-unsaturated/α-hetero) is 1. The van der Waals surface area contributed by atoms with Gasteiger partial charge in [0.1, 0.15) is 0 Å². The molecule has 0 unspecified atom stereocenters. The average molecular weight is 305 g/mol. The van der Waals surface area contributed by atoms with Crippen molar-refractivity contribution in [1.82, 2.24) is 4.98 Å². The highest BCUT2D eigenvalue weighted by atomic mass is 32.1. The Labute approximate surface area is 123 Å². The lowest BCUT2D eigenvalue weighted by Gasteiger charge is -2.01. The first-order chi connectivity index (χ1) is 9.88. The standard InChI is InChI=1S/C13H11N3O4S/c1-7-11(8(2)17)21-13(14-7)15-12(18)9-3-5-10(6-4-9)16(19)20/h3-6H,1-2H3,(H,14,15,18). The van der Waals surface area contributed by atoms with E-state index in [1.54, 1.807) is 6.92 Å². The Hall–Kier alpha value is -2.61. The molecule has 0 fully saturated rings. The number of carbonyl (C=O) groups excluding carboxylic acids is 2. The first-order valence-electron chi connectivity index (χ1n) is 5.92. The Morgan fingerprint density at radius 2 is 1.90 bits per heavy atom. The van der Waals surface area contributed by atoms with Crippen molar-refractivity contribution in [3.8, 4) is 0 Å². The molecule has 0 atom stereocenters. The van der Waals surface area contributed by atoms with E-state index in [1.165, 1.54) is 31.2 Å². The molecule has 0 spiro atoms. The summed E-state index contributed by atoms with van der Waals surface area (Å²) < 4.78 is 0. The van der Waals surface area contributed by atoms with Gasteiger partial charge in [0.15, 0.2) is 10.9 Å². The highest BCUT2D eigenvalue weighted by Crippen LogP contribution is 2.23. The monoisotopic (exact) mass is 305 g/mol. The molecule has 2 aromatic rings. The Morgan fingerprint density at radius 1 is 1.29 bits per heavy atom. The number of non-ortho nitro benzene ring substituents is 1. The normalized spacial score (nSPS) is 10.2. The van der Waals surface area contributed by atoms with Gasteiger partial charge in [-0.05, 0) is 19.1 Å². The topological polar surface area (TPSA) is 102 Å². The Balaban J connectivity index is 2.16. The van der Waals surface area contributed by atoms with Crippen LogP contribution in [0, 0.1) is 17.0 Å². The maximum atomic E-state index is 12.0. The quantitative estimate of drug-likeness (QED) is 0.531. The molecule has 8 heteroatoms. The van der Waals surface area contributed by atoms with Crippen molar-refractivity contribution in [3.05, 3.63) is 50.5 Å². The molecule has 1 N–H and O–H groups in total. The van der Waals surface area contributed by atoms with Crippen LogP contribution in [0.3, 0.4) is 0 Å². The molecular weight excluding hydrogens is 294 g/mol. The Morgan fingerprint density at radius 3 is 2.38 bits per heavy atom. The second-order valence-corrected chi connectivity index (χ2v) is 5.25. The summed E-state index contributed by atoms with van der Waals surface area (Å²) in [5, 5.41) is 13.4. The number of thiazole rings is 1. The lowest BCUT2D eigenvalue weighted by Crippen LogP contribution is -2.11. The van der Waals surface area contributed by atoms with Gasteiger partial charge in [-0.3, -0.25) is 25.0 Å². The molecule has 1 aromatic heterocycles. The number of carbonyl (C=O) groups is 2. The number of nitro groups is 1. The molecule has 7 nitrogen and oxygen atoms in total. The number of amides is 1. The van der Waals surface area contributed by atoms with E-state index in [0.717, 1.165) is 11.3 Å². The molecule has 0 saturated heterocycles. The Bertz CT molecular complexity index is 722. The highest BCUT2D eigenvalue weighted by Gasteiger charge is 2.15. The smallest absolute Gasteiger partial charge is 0.269 e. The summed E-state index contributed by atoms with van der Waals surface area (Å²) in [7, 11) is 0. The van der Waals surface area contributed by atoms with Gasteiger partial charge in [0.2, 0.25) is 0 Å². The number of nitrogens with one attached hydrogen (secondary N) is 1. The van der Waals surface area contributed by atoms with E-state index >= 15 is 0 Å². The van der Waals surface area contributed by atoms with Crippen molar-refractivity contribution in [2.75, 3.05) is 5.32 Å². The van der Waals surface area contributed by atoms with Crippen LogP contribution in [0.1, 0.15) is 32.6 Å². The zero-order valence-electron chi connectivity index (χ0n) is 11.2. The predicted molar refractivity (Wildman–Crippen MR) is 77.9 cm³/mol. The van der Waals surface area contributed by atoms with Gasteiger partial charge in [0, 0.05) is 24.6 Å². The van der Waals surface area contributed by atoms with E-state index in [2.05, 4.69) is 10.3 Å². The molecular formula is C13H11N3O4S. The lowest BCUT2D eigenvalue weighted by molar-refractivity contribution is -0.384. The van der Waals surface area contributed by atoms with Crippen LogP contribution in [-0.2, 0) is 0 Å². The molecule has 1 amide bonds. The molecule has 1 heterocycles. The number of nitrogens with zero attached hydrogens (tertiary/aromatic N) is 2. The maximum Gasteiger partial charge on any atom is 0.269 e. The minimum atomic E-state index is -0.537. The van der Waals surface area contributed by atoms with E-state index in [0.29, 0.717) is 15.7 Å². The van der Waals surface area contributed by atoms with Gasteiger partial charge in [-0.15, -0.1) is 0 Å². The SMILES string of the molecule is CC(=O)c1sc(NC(=O)c2ccc([N+](=O)[O-])cc2)nc1C. The summed E-state index contributed by atoms with van der Waals surface area (Å²) in [4.78, 5) is 37.9. The van der Waals surface area contributed by atoms with Crippen LogP contribution in [0.2, 0.25) is 0 Å². The number of benzene rings is 1. The van der Waals surface area contributed by atoms with Crippen molar-refractivity contribution < 1.29 is 14.5 Å². The molecule has 0 aliphatic rings. The number of hydrogen-bond acceptors (Lipinski definition) is 6. The number of anilines is 1. The number of ketones is 1. The molecule has 21 heavy (non-hydrogen) atoms. The van der Waals surface area contributed by atoms with E-state index in [1.807, 2.05) is 0 Å². The summed E-state index contributed by atoms with van der Waals surface area (Å²) in [5.74, 6) is -0.547. The van der Waals surface area contributed by atoms with Crippen LogP contribution in [0.5, 0.6) is 0 Å². The summed E-state index contributed by atoms with van der Waals surface area (Å²) in [6, 6.07) is 5.23. The van der Waals surface area contributed by atoms with Crippen LogP contribution < -0.4 is 5.32 Å². The van der Waals surface area contributed by atoms with Gasteiger partial charge in [0.25, 0.3) is 11.6 Å². The molecule has 108 valence electrons. The molecule has 2 rings (SSSR count). The van der Waals surface area contributed by atoms with Crippen molar-refractivity contribution in [2.45, 2.75) is 13.8 Å². The fourth-order valence-corrected chi connectivity index (χ4v) is 2.54. The van der Waals surface area contributed by atoms with Gasteiger partial charge in [0.05, 0.1) is 15.5 Å². The third-order valence-electron chi connectivity index (χ3n) is 2.68. The van der Waals surface area contributed by atoms with Crippen LogP contribution in [-0.4, -0.2) is 21.6 Å². The summed E-state index contributed by atoms with van der Waals surface area (Å²) >= 11 is 1.10. The number of hydrogen-bond donors (Lipinski definition) is 1. The van der Waals surface area contributed by atoms with Crippen molar-refractivity contribution in [2.24, 2.45) is 0 Å². The lowest BCUT2D eigenvalue weighted by atomic mass is 10.2. The molecule has 0 radical (unpaired) electrons. The van der Waals surface area contributed by atoms with E-state index in [4.69, 9.17) is 0 Å². The second kappa shape index (κ2) is 5.80. The first-order valence-corrected chi connectivity index (χ1v) is 6.74. The van der Waals surface area contributed by atoms with Crippen LogP contribution in [0.4, 0.5) is 10.8 Å². The van der Waals surface area contributed by atoms with Crippen molar-refractivity contribution in [3.63, 3.8) is 0 Å². The second-order valence-electron chi connectivity index (χ2n) is 4.25. The van der Waals surface area contributed by atoms with E-state index < -0.39 is 10.8 Å². The fraction of sp³-hybridized carbons (Fsp3) is 0.154. The average Bonchev–Trinajstić information content (AvgIpc) is 2.79. The minimum absolute atomic E-state index is 0.0875. The van der Waals surface area contributed by atoms with Crippen LogP contribution in [0.25, 0.3) is 0 Å². The van der Waals surface area contributed by atoms with E-state index in [9.17, 15) is 19.7 Å². The number of nitro benzene ring substituents is 1. The van der Waals surface area contributed by atoms with Crippen molar-refractivity contribution in [1.29, 1.82) is 0 Å². The highest BCUT2D eigenvalue weighted by molar-refractivity contribution is 7.17. The number of rotatable bonds is 4. The van der Waals surface area contributed by atoms with E-state index in [-0.39, 0.29) is 17.0 Å². The molecule has 1 aromatic carbocycles. The predicted octanol–water partition coefficient (Wildman–Crippen LogP) is 2.81. The van der Waals surface area contributed by atoms with Crippen LogP contribution >= 0.6 is 11.3 Å². The number of aromatic nitrogens is 1. The largest absolute Gasteiger partial charge is 0.298 e. The molecule has 0 aliphatic heterocycles. The van der Waals surface area contributed by atoms with Gasteiger partial charge in [-0.25, -0.2) is 4.98 Å². The van der Waals surface area contributed by atoms with Crippen molar-refractivity contribution >= 4 is 33.8 Å².